The zero-order chi connectivity index (χ0) is 24.2. The molecule has 4 aromatic rings. The number of aryl methyl sites for hydroxylation is 2. The lowest BCUT2D eigenvalue weighted by Gasteiger charge is -2.26. The molecule has 2 unspecified atom stereocenters. The van der Waals surface area contributed by atoms with Gasteiger partial charge in [-0.05, 0) is 86.8 Å². The van der Waals surface area contributed by atoms with E-state index >= 15 is 0 Å². The molecule has 0 saturated carbocycles. The van der Waals surface area contributed by atoms with Gasteiger partial charge in [-0.15, -0.1) is 0 Å². The molecule has 1 amide bonds. The number of aromatic nitrogens is 2. The molecule has 0 bridgehead atoms. The first kappa shape index (κ1) is 24.1. The highest BCUT2D eigenvalue weighted by molar-refractivity contribution is 6.30. The summed E-state index contributed by atoms with van der Waals surface area (Å²) in [5.41, 5.74) is 5.68. The predicted octanol–water partition coefficient (Wildman–Crippen LogP) is 6.94. The van der Waals surface area contributed by atoms with Crippen molar-refractivity contribution in [1.82, 2.24) is 15.1 Å². The van der Waals surface area contributed by atoms with Crippen molar-refractivity contribution in [1.29, 1.82) is 0 Å². The highest BCUT2D eigenvalue weighted by Crippen LogP contribution is 2.27. The maximum absolute atomic E-state index is 13.2. The average Bonchev–Trinajstić information content (AvgIpc) is 3.17. The van der Waals surface area contributed by atoms with Gasteiger partial charge in [-0.3, -0.25) is 4.79 Å². The van der Waals surface area contributed by atoms with E-state index in [-0.39, 0.29) is 17.9 Å². The van der Waals surface area contributed by atoms with Crippen LogP contribution in [0.15, 0.2) is 78.9 Å². The summed E-state index contributed by atoms with van der Waals surface area (Å²) >= 11 is 12.2. The molecule has 34 heavy (non-hydrogen) atoms. The van der Waals surface area contributed by atoms with Crippen LogP contribution in [-0.4, -0.2) is 21.7 Å². The zero-order valence-corrected chi connectivity index (χ0v) is 20.9. The minimum Gasteiger partial charge on any atom is -0.349 e. The maximum atomic E-state index is 13.2. The maximum Gasteiger partial charge on any atom is 0.251 e. The van der Waals surface area contributed by atoms with Crippen molar-refractivity contribution in [3.05, 3.63) is 117 Å². The van der Waals surface area contributed by atoms with E-state index in [0.29, 0.717) is 15.6 Å². The highest BCUT2D eigenvalue weighted by Gasteiger charge is 2.22. The Labute approximate surface area is 210 Å². The second kappa shape index (κ2) is 10.5. The number of halogens is 2. The van der Waals surface area contributed by atoms with Crippen LogP contribution in [0.5, 0.6) is 0 Å². The number of benzene rings is 3. The van der Waals surface area contributed by atoms with Crippen LogP contribution in [0.2, 0.25) is 10.0 Å². The number of amides is 1. The molecule has 6 heteroatoms. The van der Waals surface area contributed by atoms with Gasteiger partial charge in [0.05, 0.1) is 11.4 Å². The van der Waals surface area contributed by atoms with Gasteiger partial charge in [0.2, 0.25) is 0 Å². The normalized spacial score (nSPS) is 12.9. The Balaban J connectivity index is 1.57. The van der Waals surface area contributed by atoms with Crippen molar-refractivity contribution in [2.45, 2.75) is 39.2 Å². The molecule has 0 fully saturated rings. The third-order valence-electron chi connectivity index (χ3n) is 5.99. The largest absolute Gasteiger partial charge is 0.349 e. The smallest absolute Gasteiger partial charge is 0.251 e. The Morgan fingerprint density at radius 3 is 2.21 bits per heavy atom. The molecule has 4 nitrogen and oxygen atoms in total. The van der Waals surface area contributed by atoms with Crippen molar-refractivity contribution in [2.24, 2.45) is 0 Å². The van der Waals surface area contributed by atoms with Crippen LogP contribution >= 0.6 is 23.2 Å². The van der Waals surface area contributed by atoms with Crippen LogP contribution in [0, 0.1) is 13.8 Å². The van der Waals surface area contributed by atoms with Crippen molar-refractivity contribution in [3.63, 3.8) is 0 Å². The Bertz CT molecular complexity index is 1280. The number of hydrogen-bond donors (Lipinski definition) is 1. The van der Waals surface area contributed by atoms with Gasteiger partial charge in [-0.1, -0.05) is 53.5 Å². The SMILES string of the molecule is Cc1cc(C)n(-c2cccc(C(=O)NC(C)C(Cc3ccc(Cl)cc3)c3ccc(Cl)cc3)c2)n1. The van der Waals surface area contributed by atoms with Crippen LogP contribution in [0.25, 0.3) is 5.69 Å². The van der Waals surface area contributed by atoms with E-state index in [1.807, 2.05) is 104 Å². The molecule has 174 valence electrons. The molecule has 4 rings (SSSR count). The number of carbonyl (C=O) groups is 1. The van der Waals surface area contributed by atoms with Gasteiger partial charge in [0.15, 0.2) is 0 Å². The standard InChI is InChI=1S/C28H27Cl2N3O/c1-18-15-19(2)33(32-18)26-6-4-5-23(17-26)28(34)31-20(3)27(22-9-13-25(30)14-10-22)16-21-7-11-24(29)12-8-21/h4-15,17,20,27H,16H2,1-3H3,(H,31,34). The first-order valence-electron chi connectivity index (χ1n) is 11.2. The molecule has 1 N–H and O–H groups in total. The van der Waals surface area contributed by atoms with Crippen molar-refractivity contribution in [3.8, 4) is 5.69 Å². The fourth-order valence-electron chi connectivity index (χ4n) is 4.23. The molecule has 0 aliphatic carbocycles. The summed E-state index contributed by atoms with van der Waals surface area (Å²) in [5, 5.41) is 9.14. The lowest BCUT2D eigenvalue weighted by atomic mass is 9.86. The van der Waals surface area contributed by atoms with Crippen LogP contribution in [0.1, 0.15) is 45.7 Å². The molecular weight excluding hydrogens is 465 g/mol. The van der Waals surface area contributed by atoms with Gasteiger partial charge in [-0.2, -0.15) is 5.10 Å². The van der Waals surface area contributed by atoms with E-state index in [1.54, 1.807) is 0 Å². The molecule has 0 aliphatic heterocycles. The van der Waals surface area contributed by atoms with Crippen LogP contribution in [0.4, 0.5) is 0 Å². The Morgan fingerprint density at radius 1 is 0.941 bits per heavy atom. The van der Waals surface area contributed by atoms with Gasteiger partial charge in [-0.25, -0.2) is 4.68 Å². The molecule has 1 aromatic heterocycles. The predicted molar refractivity (Wildman–Crippen MR) is 139 cm³/mol. The van der Waals surface area contributed by atoms with Crippen LogP contribution in [0.3, 0.4) is 0 Å². The van der Waals surface area contributed by atoms with Gasteiger partial charge in [0.25, 0.3) is 5.91 Å². The summed E-state index contributed by atoms with van der Waals surface area (Å²) in [4.78, 5) is 13.2. The van der Waals surface area contributed by atoms with Gasteiger partial charge < -0.3 is 5.32 Å². The molecule has 0 radical (unpaired) electrons. The molecule has 0 spiro atoms. The lowest BCUT2D eigenvalue weighted by Crippen LogP contribution is -2.38. The minimum absolute atomic E-state index is 0.0570. The summed E-state index contributed by atoms with van der Waals surface area (Å²) < 4.78 is 1.85. The summed E-state index contributed by atoms with van der Waals surface area (Å²) in [6.45, 7) is 6.00. The third-order valence-corrected chi connectivity index (χ3v) is 6.50. The number of nitrogens with one attached hydrogen (secondary N) is 1. The van der Waals surface area contributed by atoms with Gasteiger partial charge in [0.1, 0.15) is 0 Å². The second-order valence-electron chi connectivity index (χ2n) is 8.64. The molecular formula is C28H27Cl2N3O. The molecule has 3 aromatic carbocycles. The topological polar surface area (TPSA) is 46.9 Å². The van der Waals surface area contributed by atoms with E-state index in [2.05, 4.69) is 10.4 Å². The summed E-state index contributed by atoms with van der Waals surface area (Å²) in [6, 6.07) is 25.1. The summed E-state index contributed by atoms with van der Waals surface area (Å²) in [6.07, 6.45) is 0.756. The Morgan fingerprint density at radius 2 is 1.59 bits per heavy atom. The van der Waals surface area contributed by atoms with Crippen LogP contribution < -0.4 is 5.32 Å². The zero-order valence-electron chi connectivity index (χ0n) is 19.4. The van der Waals surface area contributed by atoms with Gasteiger partial charge in [0, 0.05) is 33.3 Å². The third kappa shape index (κ3) is 5.69. The molecule has 0 saturated heterocycles. The Hall–Kier alpha value is -3.08. The van der Waals surface area contributed by atoms with E-state index in [9.17, 15) is 4.79 Å². The minimum atomic E-state index is -0.123. The highest BCUT2D eigenvalue weighted by atomic mass is 35.5. The summed E-state index contributed by atoms with van der Waals surface area (Å²) in [7, 11) is 0. The monoisotopic (exact) mass is 491 g/mol. The average molecular weight is 492 g/mol. The van der Waals surface area contributed by atoms with Gasteiger partial charge >= 0.3 is 0 Å². The first-order chi connectivity index (χ1) is 16.3. The quantitative estimate of drug-likeness (QED) is 0.304. The first-order valence-corrected chi connectivity index (χ1v) is 12.0. The number of carbonyl (C=O) groups excluding carboxylic acids is 1. The lowest BCUT2D eigenvalue weighted by molar-refractivity contribution is 0.0934. The number of rotatable bonds is 7. The fourth-order valence-corrected chi connectivity index (χ4v) is 4.48. The Kier molecular flexibility index (Phi) is 7.40. The van der Waals surface area contributed by atoms with Crippen molar-refractivity contribution >= 4 is 29.1 Å². The van der Waals surface area contributed by atoms with Crippen LogP contribution in [-0.2, 0) is 6.42 Å². The van der Waals surface area contributed by atoms with Crippen molar-refractivity contribution in [2.75, 3.05) is 0 Å². The number of hydrogen-bond acceptors (Lipinski definition) is 2. The summed E-state index contributed by atoms with van der Waals surface area (Å²) in [5.74, 6) is -0.0625. The van der Waals surface area contributed by atoms with E-state index < -0.39 is 0 Å². The second-order valence-corrected chi connectivity index (χ2v) is 9.51. The van der Waals surface area contributed by atoms with E-state index in [0.717, 1.165) is 34.6 Å². The van der Waals surface area contributed by atoms with E-state index in [4.69, 9.17) is 23.2 Å². The fraction of sp³-hybridized carbons (Fsp3) is 0.214. The molecule has 2 atom stereocenters. The van der Waals surface area contributed by atoms with Crippen molar-refractivity contribution < 1.29 is 4.79 Å². The van der Waals surface area contributed by atoms with E-state index in [1.165, 1.54) is 0 Å². The molecule has 1 heterocycles. The molecule has 0 aliphatic rings. The number of nitrogens with zero attached hydrogens (tertiary/aromatic N) is 2.